The molecule has 0 aliphatic rings. The highest BCUT2D eigenvalue weighted by atomic mass is 16.7. The summed E-state index contributed by atoms with van der Waals surface area (Å²) in [6.45, 7) is 4.83. The van der Waals surface area contributed by atoms with E-state index in [-0.39, 0.29) is 32.2 Å². The number of carboxylic acids is 1. The number of quaternary nitrogens is 1. The first-order valence-electron chi connectivity index (χ1n) is 20.2. The normalized spacial score (nSPS) is 12.9. The van der Waals surface area contributed by atoms with E-state index < -0.39 is 24.3 Å². The van der Waals surface area contributed by atoms with Crippen molar-refractivity contribution in [2.24, 2.45) is 0 Å². The average molecular weight is 701 g/mol. The van der Waals surface area contributed by atoms with Gasteiger partial charge in [0.05, 0.1) is 34.4 Å². The third-order valence-corrected chi connectivity index (χ3v) is 8.86. The molecule has 0 bridgehead atoms. The van der Waals surface area contributed by atoms with Crippen LogP contribution in [-0.2, 0) is 33.3 Å². The Morgan fingerprint density at radius 1 is 0.531 bits per heavy atom. The quantitative estimate of drug-likeness (QED) is 0.0295. The molecular weight excluding hydrogens is 622 g/mol. The van der Waals surface area contributed by atoms with Gasteiger partial charge in [-0.1, -0.05) is 155 Å². The summed E-state index contributed by atoms with van der Waals surface area (Å²) in [5, 5.41) is 9.57. The standard InChI is InChI=1S/C40H77NO8/c1-6-8-10-12-14-15-16-17-18-19-20-21-22-23-25-27-29-31-38(43)49-36(34-47-37(42)30-28-26-24-13-11-9-7-2)35-48-40(39(44)45)46-33-32-41(3,4)5/h36,40H,6-35H2,1-5H3/p+1. The number of hydrogen-bond acceptors (Lipinski definition) is 7. The SMILES string of the molecule is CCCCCCCCCCCCCCCCCCCC(=O)OC(COC(=O)CCCCCCCCC)COC(OCC[N+](C)(C)C)C(=O)O. The second-order valence-electron chi connectivity index (χ2n) is 15.0. The van der Waals surface area contributed by atoms with Crippen LogP contribution in [0.25, 0.3) is 0 Å². The highest BCUT2D eigenvalue weighted by Crippen LogP contribution is 2.15. The van der Waals surface area contributed by atoms with Crippen molar-refractivity contribution in [2.75, 3.05) is 47.5 Å². The number of carbonyl (C=O) groups is 3. The van der Waals surface area contributed by atoms with Gasteiger partial charge in [0.25, 0.3) is 6.29 Å². The summed E-state index contributed by atoms with van der Waals surface area (Å²) >= 11 is 0. The topological polar surface area (TPSA) is 108 Å². The number of likely N-dealkylation sites (N-methyl/N-ethyl adjacent to an activating group) is 1. The molecule has 0 aromatic heterocycles. The lowest BCUT2D eigenvalue weighted by molar-refractivity contribution is -0.870. The number of hydrogen-bond donors (Lipinski definition) is 1. The molecule has 9 nitrogen and oxygen atoms in total. The molecule has 0 rings (SSSR count). The molecule has 0 saturated carbocycles. The van der Waals surface area contributed by atoms with Crippen molar-refractivity contribution in [1.82, 2.24) is 0 Å². The molecule has 0 aliphatic heterocycles. The van der Waals surface area contributed by atoms with Gasteiger partial charge in [-0.05, 0) is 12.8 Å². The maximum absolute atomic E-state index is 12.7. The molecule has 0 radical (unpaired) electrons. The van der Waals surface area contributed by atoms with Crippen molar-refractivity contribution < 1.29 is 42.9 Å². The monoisotopic (exact) mass is 701 g/mol. The number of nitrogens with zero attached hydrogens (tertiary/aromatic N) is 1. The number of rotatable bonds is 37. The van der Waals surface area contributed by atoms with E-state index in [0.29, 0.717) is 17.4 Å². The van der Waals surface area contributed by atoms with Crippen LogP contribution >= 0.6 is 0 Å². The third-order valence-electron chi connectivity index (χ3n) is 8.86. The number of ether oxygens (including phenoxy) is 4. The number of carbonyl (C=O) groups excluding carboxylic acids is 2. The Morgan fingerprint density at radius 2 is 0.918 bits per heavy atom. The molecule has 9 heteroatoms. The maximum atomic E-state index is 12.7. The molecule has 0 saturated heterocycles. The van der Waals surface area contributed by atoms with Gasteiger partial charge in [-0.15, -0.1) is 0 Å². The molecule has 2 atom stereocenters. The van der Waals surface area contributed by atoms with Gasteiger partial charge in [0, 0.05) is 12.8 Å². The van der Waals surface area contributed by atoms with Crippen LogP contribution in [0.1, 0.15) is 181 Å². The van der Waals surface area contributed by atoms with Crippen LogP contribution in [0.5, 0.6) is 0 Å². The molecule has 0 amide bonds. The summed E-state index contributed by atoms with van der Waals surface area (Å²) in [6.07, 6.45) is 27.5. The van der Waals surface area contributed by atoms with Gasteiger partial charge in [-0.2, -0.15) is 0 Å². The van der Waals surface area contributed by atoms with E-state index in [0.717, 1.165) is 38.5 Å². The molecule has 49 heavy (non-hydrogen) atoms. The first kappa shape index (κ1) is 47.3. The Hall–Kier alpha value is -1.71. The molecule has 0 heterocycles. The van der Waals surface area contributed by atoms with E-state index in [9.17, 15) is 19.5 Å². The Bertz CT molecular complexity index is 785. The Morgan fingerprint density at radius 3 is 1.31 bits per heavy atom. The summed E-state index contributed by atoms with van der Waals surface area (Å²) in [6, 6.07) is 0. The highest BCUT2D eigenvalue weighted by molar-refractivity contribution is 5.71. The van der Waals surface area contributed by atoms with E-state index in [1.807, 2.05) is 21.1 Å². The fraction of sp³-hybridized carbons (Fsp3) is 0.925. The van der Waals surface area contributed by atoms with E-state index in [2.05, 4.69) is 13.8 Å². The zero-order valence-corrected chi connectivity index (χ0v) is 32.6. The van der Waals surface area contributed by atoms with Gasteiger partial charge in [0.1, 0.15) is 13.2 Å². The summed E-state index contributed by atoms with van der Waals surface area (Å²) in [5.74, 6) is -2.00. The van der Waals surface area contributed by atoms with Gasteiger partial charge in [0.15, 0.2) is 6.10 Å². The molecule has 0 aliphatic carbocycles. The average Bonchev–Trinajstić information content (AvgIpc) is 3.05. The second-order valence-corrected chi connectivity index (χ2v) is 15.0. The van der Waals surface area contributed by atoms with Gasteiger partial charge >= 0.3 is 17.9 Å². The largest absolute Gasteiger partial charge is 0.477 e. The van der Waals surface area contributed by atoms with Crippen molar-refractivity contribution in [3.8, 4) is 0 Å². The Labute approximate surface area is 301 Å². The van der Waals surface area contributed by atoms with E-state index in [1.165, 1.54) is 116 Å². The fourth-order valence-electron chi connectivity index (χ4n) is 5.66. The van der Waals surface area contributed by atoms with Crippen LogP contribution in [0.15, 0.2) is 0 Å². The Kier molecular flexibility index (Phi) is 32.3. The van der Waals surface area contributed by atoms with Crippen molar-refractivity contribution in [3.63, 3.8) is 0 Å². The van der Waals surface area contributed by atoms with Gasteiger partial charge < -0.3 is 28.5 Å². The predicted molar refractivity (Wildman–Crippen MR) is 198 cm³/mol. The van der Waals surface area contributed by atoms with Gasteiger partial charge in [0.2, 0.25) is 0 Å². The van der Waals surface area contributed by atoms with Crippen LogP contribution in [0.4, 0.5) is 0 Å². The minimum atomic E-state index is -1.50. The van der Waals surface area contributed by atoms with Crippen molar-refractivity contribution >= 4 is 17.9 Å². The highest BCUT2D eigenvalue weighted by Gasteiger charge is 2.25. The Balaban J connectivity index is 4.37. The minimum Gasteiger partial charge on any atom is -0.477 e. The zero-order valence-electron chi connectivity index (χ0n) is 32.6. The van der Waals surface area contributed by atoms with Gasteiger partial charge in [-0.3, -0.25) is 9.59 Å². The van der Waals surface area contributed by atoms with Crippen molar-refractivity contribution in [1.29, 1.82) is 0 Å². The first-order chi connectivity index (χ1) is 23.6. The minimum absolute atomic E-state index is 0.175. The summed E-state index contributed by atoms with van der Waals surface area (Å²) < 4.78 is 22.6. The number of carboxylic acid groups (broad SMARTS) is 1. The molecule has 290 valence electrons. The van der Waals surface area contributed by atoms with Gasteiger partial charge in [-0.25, -0.2) is 4.79 Å². The smallest absolute Gasteiger partial charge is 0.361 e. The summed E-state index contributed by atoms with van der Waals surface area (Å²) in [5.41, 5.74) is 0. The van der Waals surface area contributed by atoms with Crippen LogP contribution < -0.4 is 0 Å². The number of unbranched alkanes of at least 4 members (excludes halogenated alkanes) is 22. The lowest BCUT2D eigenvalue weighted by Crippen LogP contribution is -2.40. The molecule has 2 unspecified atom stereocenters. The van der Waals surface area contributed by atoms with E-state index in [1.54, 1.807) is 0 Å². The van der Waals surface area contributed by atoms with Crippen LogP contribution in [-0.4, -0.2) is 87.4 Å². The third kappa shape index (κ3) is 34.5. The molecule has 0 fully saturated rings. The molecule has 0 aromatic rings. The maximum Gasteiger partial charge on any atom is 0.361 e. The molecule has 0 aromatic carbocycles. The number of aliphatic carboxylic acids is 1. The molecule has 1 N–H and O–H groups in total. The second kappa shape index (κ2) is 33.4. The number of esters is 2. The first-order valence-corrected chi connectivity index (χ1v) is 20.2. The van der Waals surface area contributed by atoms with E-state index >= 15 is 0 Å². The lowest BCUT2D eigenvalue weighted by Gasteiger charge is -2.25. The van der Waals surface area contributed by atoms with Crippen LogP contribution in [0, 0.1) is 0 Å². The van der Waals surface area contributed by atoms with Crippen molar-refractivity contribution in [2.45, 2.75) is 193 Å². The van der Waals surface area contributed by atoms with E-state index in [4.69, 9.17) is 18.9 Å². The fourth-order valence-corrected chi connectivity index (χ4v) is 5.66. The van der Waals surface area contributed by atoms with Crippen molar-refractivity contribution in [3.05, 3.63) is 0 Å². The summed E-state index contributed by atoms with van der Waals surface area (Å²) in [7, 11) is 5.95. The van der Waals surface area contributed by atoms with Crippen LogP contribution in [0.3, 0.4) is 0 Å². The van der Waals surface area contributed by atoms with Crippen LogP contribution in [0.2, 0.25) is 0 Å². The summed E-state index contributed by atoms with van der Waals surface area (Å²) in [4.78, 5) is 36.8. The zero-order chi connectivity index (χ0) is 36.4. The lowest BCUT2D eigenvalue weighted by atomic mass is 10.0. The predicted octanol–water partition coefficient (Wildman–Crippen LogP) is 9.77. The molecule has 0 spiro atoms. The molecular formula is C40H78NO8+.